The van der Waals surface area contributed by atoms with E-state index in [4.69, 9.17) is 5.73 Å². The molecule has 5 heteroatoms. The second kappa shape index (κ2) is 9.22. The van der Waals surface area contributed by atoms with Gasteiger partial charge in [0.05, 0.1) is 6.54 Å². The lowest BCUT2D eigenvalue weighted by molar-refractivity contribution is 0.438. The van der Waals surface area contributed by atoms with Crippen molar-refractivity contribution in [2.45, 2.75) is 46.2 Å². The first kappa shape index (κ1) is 19.1. The number of halogens is 1. The number of hydrogen-bond acceptors (Lipinski definition) is 2. The molecule has 1 aromatic rings. The third-order valence-electron chi connectivity index (χ3n) is 3.95. The first-order valence-corrected chi connectivity index (χ1v) is 7.95. The fraction of sp³-hybridized carbons (Fsp3) is 0.588. The number of anilines is 1. The highest BCUT2D eigenvalue weighted by molar-refractivity contribution is 14.0. The Labute approximate surface area is 151 Å². The monoisotopic (exact) mass is 416 g/mol. The molecule has 3 N–H and O–H groups in total. The largest absolute Gasteiger partial charge is 0.372 e. The number of rotatable bonds is 4. The van der Waals surface area contributed by atoms with Crippen LogP contribution in [0.25, 0.3) is 0 Å². The molecule has 1 aliphatic rings. The van der Waals surface area contributed by atoms with Gasteiger partial charge in [0.2, 0.25) is 0 Å². The fourth-order valence-corrected chi connectivity index (χ4v) is 2.60. The lowest BCUT2D eigenvalue weighted by atomic mass is 9.99. The van der Waals surface area contributed by atoms with E-state index in [0.717, 1.165) is 5.92 Å². The van der Waals surface area contributed by atoms with Gasteiger partial charge in [0, 0.05) is 24.8 Å². The van der Waals surface area contributed by atoms with Gasteiger partial charge < -0.3 is 16.0 Å². The number of piperidine rings is 1. The molecular formula is C17H29IN4. The number of hydrogen-bond donors (Lipinski definition) is 2. The molecule has 0 atom stereocenters. The average molecular weight is 416 g/mol. The third kappa shape index (κ3) is 6.02. The number of nitrogens with two attached hydrogens (primary N) is 1. The Hall–Kier alpha value is -0.980. The van der Waals surface area contributed by atoms with Gasteiger partial charge >= 0.3 is 0 Å². The molecule has 124 valence electrons. The highest BCUT2D eigenvalue weighted by Gasteiger charge is 2.15. The van der Waals surface area contributed by atoms with Crippen molar-refractivity contribution in [2.24, 2.45) is 16.6 Å². The summed E-state index contributed by atoms with van der Waals surface area (Å²) in [6.07, 6.45) is 2.59. The van der Waals surface area contributed by atoms with Gasteiger partial charge in [-0.15, -0.1) is 24.0 Å². The Morgan fingerprint density at radius 1 is 1.27 bits per heavy atom. The first-order valence-electron chi connectivity index (χ1n) is 7.95. The molecule has 1 saturated heterocycles. The predicted molar refractivity (Wildman–Crippen MR) is 106 cm³/mol. The second-order valence-corrected chi connectivity index (χ2v) is 6.34. The lowest BCUT2D eigenvalue weighted by Gasteiger charge is -2.32. The van der Waals surface area contributed by atoms with E-state index >= 15 is 0 Å². The molecule has 0 bridgehead atoms. The van der Waals surface area contributed by atoms with Gasteiger partial charge in [-0.25, -0.2) is 4.99 Å². The molecule has 0 aromatic heterocycles. The molecule has 0 saturated carbocycles. The van der Waals surface area contributed by atoms with Crippen molar-refractivity contribution < 1.29 is 0 Å². The standard InChI is InChI=1S/C17H28N4.HI/c1-13(2)20-17(18)19-12-15-4-6-16(7-5-15)21-10-8-14(3)9-11-21;/h4-7,13-14H,8-12H2,1-3H3,(H3,18,19,20);1H. The van der Waals surface area contributed by atoms with E-state index in [1.165, 1.54) is 37.2 Å². The van der Waals surface area contributed by atoms with Gasteiger partial charge in [0.1, 0.15) is 0 Å². The van der Waals surface area contributed by atoms with E-state index in [2.05, 4.69) is 60.2 Å². The molecule has 2 rings (SSSR count). The van der Waals surface area contributed by atoms with Crippen LogP contribution >= 0.6 is 24.0 Å². The van der Waals surface area contributed by atoms with Gasteiger partial charge in [-0.3, -0.25) is 0 Å². The predicted octanol–water partition coefficient (Wildman–Crippen LogP) is 3.35. The molecule has 0 amide bonds. The number of aliphatic imine (C=N–C) groups is 1. The van der Waals surface area contributed by atoms with Crippen molar-refractivity contribution in [1.29, 1.82) is 0 Å². The molecule has 0 spiro atoms. The number of guanidine groups is 1. The smallest absolute Gasteiger partial charge is 0.189 e. The summed E-state index contributed by atoms with van der Waals surface area (Å²) in [5.41, 5.74) is 8.33. The van der Waals surface area contributed by atoms with Crippen LogP contribution < -0.4 is 16.0 Å². The topological polar surface area (TPSA) is 53.6 Å². The molecule has 0 aliphatic carbocycles. The zero-order valence-corrected chi connectivity index (χ0v) is 16.2. The van der Waals surface area contributed by atoms with E-state index in [1.54, 1.807) is 0 Å². The average Bonchev–Trinajstić information content (AvgIpc) is 2.46. The Bertz CT molecular complexity index is 462. The normalized spacial score (nSPS) is 16.5. The van der Waals surface area contributed by atoms with Crippen LogP contribution in [-0.2, 0) is 6.54 Å². The highest BCUT2D eigenvalue weighted by atomic mass is 127. The third-order valence-corrected chi connectivity index (χ3v) is 3.95. The van der Waals surface area contributed by atoms with E-state index < -0.39 is 0 Å². The zero-order chi connectivity index (χ0) is 15.2. The maximum absolute atomic E-state index is 5.81. The van der Waals surface area contributed by atoms with Gasteiger partial charge in [-0.05, 0) is 50.3 Å². The molecular weight excluding hydrogens is 387 g/mol. The summed E-state index contributed by atoms with van der Waals surface area (Å²) in [4.78, 5) is 6.83. The first-order chi connectivity index (χ1) is 10.0. The van der Waals surface area contributed by atoms with E-state index in [0.29, 0.717) is 18.5 Å². The Morgan fingerprint density at radius 3 is 2.41 bits per heavy atom. The molecule has 1 fully saturated rings. The zero-order valence-electron chi connectivity index (χ0n) is 13.9. The summed E-state index contributed by atoms with van der Waals surface area (Å²) in [5, 5.41) is 3.10. The van der Waals surface area contributed by atoms with Crippen LogP contribution in [0.5, 0.6) is 0 Å². The highest BCUT2D eigenvalue weighted by Crippen LogP contribution is 2.23. The van der Waals surface area contributed by atoms with Crippen LogP contribution in [-0.4, -0.2) is 25.1 Å². The summed E-state index contributed by atoms with van der Waals surface area (Å²) in [6.45, 7) is 9.41. The number of benzene rings is 1. The summed E-state index contributed by atoms with van der Waals surface area (Å²) in [6, 6.07) is 9.02. The van der Waals surface area contributed by atoms with Crippen LogP contribution in [0.3, 0.4) is 0 Å². The summed E-state index contributed by atoms with van der Waals surface area (Å²) in [5.74, 6) is 1.38. The molecule has 1 aliphatic heterocycles. The minimum Gasteiger partial charge on any atom is -0.372 e. The van der Waals surface area contributed by atoms with Crippen LogP contribution in [0.15, 0.2) is 29.3 Å². The minimum absolute atomic E-state index is 0. The van der Waals surface area contributed by atoms with Crippen LogP contribution in [0.4, 0.5) is 5.69 Å². The maximum atomic E-state index is 5.81. The molecule has 0 radical (unpaired) electrons. The lowest BCUT2D eigenvalue weighted by Crippen LogP contribution is -2.36. The van der Waals surface area contributed by atoms with E-state index in [1.807, 2.05) is 0 Å². The van der Waals surface area contributed by atoms with Gasteiger partial charge in [-0.2, -0.15) is 0 Å². The van der Waals surface area contributed by atoms with Crippen LogP contribution in [0.1, 0.15) is 39.2 Å². The van der Waals surface area contributed by atoms with Crippen molar-refractivity contribution in [2.75, 3.05) is 18.0 Å². The molecule has 4 nitrogen and oxygen atoms in total. The van der Waals surface area contributed by atoms with Crippen LogP contribution in [0.2, 0.25) is 0 Å². The molecule has 22 heavy (non-hydrogen) atoms. The minimum atomic E-state index is 0. The van der Waals surface area contributed by atoms with E-state index in [9.17, 15) is 0 Å². The Morgan fingerprint density at radius 2 is 1.86 bits per heavy atom. The Kier molecular flexibility index (Phi) is 8.00. The SMILES string of the molecule is CC1CCN(c2ccc(CN=C(N)NC(C)C)cc2)CC1.I. The van der Waals surface area contributed by atoms with Crippen LogP contribution in [0, 0.1) is 5.92 Å². The quantitative estimate of drug-likeness (QED) is 0.450. The van der Waals surface area contributed by atoms with E-state index in [-0.39, 0.29) is 24.0 Å². The number of nitrogens with one attached hydrogen (secondary N) is 1. The van der Waals surface area contributed by atoms with Crippen molar-refractivity contribution in [3.8, 4) is 0 Å². The molecule has 1 aromatic carbocycles. The summed E-state index contributed by atoms with van der Waals surface area (Å²) >= 11 is 0. The van der Waals surface area contributed by atoms with Gasteiger partial charge in [0.15, 0.2) is 5.96 Å². The molecule has 1 heterocycles. The summed E-state index contributed by atoms with van der Waals surface area (Å²) in [7, 11) is 0. The van der Waals surface area contributed by atoms with Crippen molar-refractivity contribution in [1.82, 2.24) is 5.32 Å². The molecule has 0 unspecified atom stereocenters. The van der Waals surface area contributed by atoms with Crippen molar-refractivity contribution >= 4 is 35.6 Å². The van der Waals surface area contributed by atoms with Gasteiger partial charge in [0.25, 0.3) is 0 Å². The number of nitrogens with zero attached hydrogens (tertiary/aromatic N) is 2. The Balaban J connectivity index is 0.00000242. The summed E-state index contributed by atoms with van der Waals surface area (Å²) < 4.78 is 0. The van der Waals surface area contributed by atoms with Crippen molar-refractivity contribution in [3.05, 3.63) is 29.8 Å². The van der Waals surface area contributed by atoms with Crippen molar-refractivity contribution in [3.63, 3.8) is 0 Å². The fourth-order valence-electron chi connectivity index (χ4n) is 2.60. The van der Waals surface area contributed by atoms with Gasteiger partial charge in [-0.1, -0.05) is 19.1 Å². The second-order valence-electron chi connectivity index (χ2n) is 6.34. The maximum Gasteiger partial charge on any atom is 0.189 e.